The van der Waals surface area contributed by atoms with Gasteiger partial charge in [-0.1, -0.05) is 0 Å². The summed E-state index contributed by atoms with van der Waals surface area (Å²) in [6.45, 7) is 0. The molecule has 90 valence electrons. The van der Waals surface area contributed by atoms with Crippen molar-refractivity contribution >= 4 is 27.4 Å². The highest BCUT2D eigenvalue weighted by atomic mass is 79.9. The van der Waals surface area contributed by atoms with Gasteiger partial charge >= 0.3 is 5.97 Å². The Morgan fingerprint density at radius 3 is 2.89 bits per heavy atom. The summed E-state index contributed by atoms with van der Waals surface area (Å²) in [5, 5.41) is 9.19. The molecule has 3 rings (SSSR count). The third kappa shape index (κ3) is 1.53. The maximum Gasteiger partial charge on any atom is 0.356 e. The first kappa shape index (κ1) is 11.0. The van der Waals surface area contributed by atoms with Crippen LogP contribution in [0.25, 0.3) is 17.1 Å². The second kappa shape index (κ2) is 3.99. The van der Waals surface area contributed by atoms with E-state index in [2.05, 4.69) is 20.9 Å². The van der Waals surface area contributed by atoms with Crippen LogP contribution in [0.2, 0.25) is 0 Å². The molecule has 0 radical (unpaired) electrons. The van der Waals surface area contributed by atoms with E-state index in [1.165, 1.54) is 6.26 Å². The Labute approximate surface area is 110 Å². The third-order valence-corrected chi connectivity index (χ3v) is 3.20. The van der Waals surface area contributed by atoms with Gasteiger partial charge in [0.25, 0.3) is 0 Å². The number of hydrogen-bond donors (Lipinski definition) is 1. The first-order valence-electron chi connectivity index (χ1n) is 5.12. The van der Waals surface area contributed by atoms with Crippen LogP contribution in [0.5, 0.6) is 0 Å². The van der Waals surface area contributed by atoms with Crippen LogP contribution in [0.3, 0.4) is 0 Å². The number of carbonyl (C=O) groups is 1. The monoisotopic (exact) mass is 306 g/mol. The van der Waals surface area contributed by atoms with E-state index in [4.69, 9.17) is 4.42 Å². The van der Waals surface area contributed by atoms with Crippen LogP contribution < -0.4 is 0 Å². The van der Waals surface area contributed by atoms with Crippen molar-refractivity contribution in [2.24, 2.45) is 0 Å². The van der Waals surface area contributed by atoms with E-state index in [1.54, 1.807) is 34.9 Å². The topological polar surface area (TPSA) is 67.7 Å². The van der Waals surface area contributed by atoms with E-state index in [-0.39, 0.29) is 5.69 Å². The fraction of sp³-hybridized carbons (Fsp3) is 0. The molecule has 1 N–H and O–H groups in total. The molecule has 0 bridgehead atoms. The van der Waals surface area contributed by atoms with Gasteiger partial charge in [-0.2, -0.15) is 0 Å². The molecule has 6 heteroatoms. The van der Waals surface area contributed by atoms with Gasteiger partial charge in [0, 0.05) is 10.7 Å². The number of aromatic nitrogens is 2. The van der Waals surface area contributed by atoms with Crippen LogP contribution in [0.4, 0.5) is 0 Å². The molecule has 0 aliphatic carbocycles. The zero-order valence-corrected chi connectivity index (χ0v) is 10.6. The Bertz CT molecular complexity index is 731. The van der Waals surface area contributed by atoms with E-state index in [0.29, 0.717) is 21.6 Å². The van der Waals surface area contributed by atoms with E-state index < -0.39 is 5.97 Å². The van der Waals surface area contributed by atoms with E-state index >= 15 is 0 Å². The van der Waals surface area contributed by atoms with Crippen LogP contribution >= 0.6 is 15.9 Å². The second-order valence-corrected chi connectivity index (χ2v) is 4.50. The Morgan fingerprint density at radius 2 is 2.22 bits per heavy atom. The zero-order valence-electron chi connectivity index (χ0n) is 9.00. The predicted molar refractivity (Wildman–Crippen MR) is 67.6 cm³/mol. The van der Waals surface area contributed by atoms with Crippen LogP contribution in [0.15, 0.2) is 45.6 Å². The lowest BCUT2D eigenvalue weighted by molar-refractivity contribution is 0.0693. The van der Waals surface area contributed by atoms with Crippen LogP contribution in [-0.2, 0) is 0 Å². The molecule has 3 aromatic rings. The first-order valence-corrected chi connectivity index (χ1v) is 5.91. The summed E-state index contributed by atoms with van der Waals surface area (Å²) in [6.07, 6.45) is 3.27. The Balaban J connectivity index is 2.41. The highest BCUT2D eigenvalue weighted by Gasteiger charge is 2.20. The first-order chi connectivity index (χ1) is 8.68. The van der Waals surface area contributed by atoms with Crippen molar-refractivity contribution < 1.29 is 14.3 Å². The van der Waals surface area contributed by atoms with Gasteiger partial charge in [0.05, 0.1) is 11.8 Å². The largest absolute Gasteiger partial charge is 0.476 e. The third-order valence-electron chi connectivity index (χ3n) is 2.56. The molecule has 0 fully saturated rings. The molecule has 0 amide bonds. The maximum absolute atomic E-state index is 11.2. The number of carboxylic acid groups (broad SMARTS) is 1. The summed E-state index contributed by atoms with van der Waals surface area (Å²) in [5.74, 6) is -0.0819. The average Bonchev–Trinajstić information content (AvgIpc) is 2.95. The van der Waals surface area contributed by atoms with E-state index in [1.807, 2.05) is 0 Å². The molecular weight excluding hydrogens is 300 g/mol. The molecule has 18 heavy (non-hydrogen) atoms. The molecule has 0 aliphatic heterocycles. The summed E-state index contributed by atoms with van der Waals surface area (Å²) in [7, 11) is 0. The molecule has 0 saturated heterocycles. The lowest BCUT2D eigenvalue weighted by Gasteiger charge is -1.99. The minimum atomic E-state index is -1.07. The van der Waals surface area contributed by atoms with Crippen molar-refractivity contribution in [3.63, 3.8) is 0 Å². The molecule has 0 unspecified atom stereocenters. The average molecular weight is 307 g/mol. The van der Waals surface area contributed by atoms with Gasteiger partial charge in [-0.15, -0.1) is 0 Å². The molecule has 0 atom stereocenters. The number of rotatable bonds is 2. The summed E-state index contributed by atoms with van der Waals surface area (Å²) in [4.78, 5) is 15.4. The van der Waals surface area contributed by atoms with Crippen LogP contribution in [-0.4, -0.2) is 20.5 Å². The van der Waals surface area contributed by atoms with Crippen LogP contribution in [0, 0.1) is 0 Å². The van der Waals surface area contributed by atoms with E-state index in [0.717, 1.165) is 0 Å². The van der Waals surface area contributed by atoms with Gasteiger partial charge in [0.2, 0.25) is 0 Å². The molecule has 3 aromatic heterocycles. The smallest absolute Gasteiger partial charge is 0.356 e. The summed E-state index contributed by atoms with van der Waals surface area (Å²) >= 11 is 3.34. The van der Waals surface area contributed by atoms with Gasteiger partial charge < -0.3 is 9.52 Å². The van der Waals surface area contributed by atoms with Crippen LogP contribution in [0.1, 0.15) is 10.5 Å². The van der Waals surface area contributed by atoms with Crippen molar-refractivity contribution in [3.8, 4) is 11.6 Å². The Hall–Kier alpha value is -2.08. The number of pyridine rings is 1. The number of carboxylic acids is 1. The number of hydrogen-bond acceptors (Lipinski definition) is 3. The normalized spacial score (nSPS) is 10.9. The number of imidazole rings is 1. The summed E-state index contributed by atoms with van der Waals surface area (Å²) in [5.41, 5.74) is 0.505. The fourth-order valence-corrected chi connectivity index (χ4v) is 2.36. The molecular formula is C12H7BrN2O3. The number of halogens is 1. The van der Waals surface area contributed by atoms with Gasteiger partial charge in [-0.05, 0) is 40.2 Å². The van der Waals surface area contributed by atoms with Crippen molar-refractivity contribution in [1.29, 1.82) is 0 Å². The molecule has 0 spiro atoms. The number of furan rings is 1. The molecule has 5 nitrogen and oxygen atoms in total. The molecule has 0 aromatic carbocycles. The summed E-state index contributed by atoms with van der Waals surface area (Å²) < 4.78 is 7.63. The number of aromatic carboxylic acids is 1. The number of fused-ring (bicyclic) bond motifs is 1. The SMILES string of the molecule is O=C(O)c1nc(-c2ccco2)n2cccc(Br)c12. The molecule has 0 saturated carbocycles. The Kier molecular flexibility index (Phi) is 2.45. The quantitative estimate of drug-likeness (QED) is 0.790. The van der Waals surface area contributed by atoms with Gasteiger partial charge in [-0.3, -0.25) is 4.40 Å². The van der Waals surface area contributed by atoms with Crippen molar-refractivity contribution in [3.05, 3.63) is 46.9 Å². The highest BCUT2D eigenvalue weighted by molar-refractivity contribution is 9.10. The van der Waals surface area contributed by atoms with Gasteiger partial charge in [0.1, 0.15) is 0 Å². The van der Waals surface area contributed by atoms with Crippen molar-refractivity contribution in [2.45, 2.75) is 0 Å². The molecule has 3 heterocycles. The van der Waals surface area contributed by atoms with Gasteiger partial charge in [-0.25, -0.2) is 9.78 Å². The lowest BCUT2D eigenvalue weighted by Crippen LogP contribution is -1.97. The minimum Gasteiger partial charge on any atom is -0.476 e. The van der Waals surface area contributed by atoms with Crippen molar-refractivity contribution in [1.82, 2.24) is 9.38 Å². The molecule has 0 aliphatic rings. The van der Waals surface area contributed by atoms with Crippen molar-refractivity contribution in [2.75, 3.05) is 0 Å². The number of nitrogens with zero attached hydrogens (tertiary/aromatic N) is 2. The standard InChI is InChI=1S/C12H7BrN2O3/c13-7-3-1-5-15-10(7)9(12(16)17)14-11(15)8-4-2-6-18-8/h1-6H,(H,16,17). The minimum absolute atomic E-state index is 0.00567. The maximum atomic E-state index is 11.2. The lowest BCUT2D eigenvalue weighted by atomic mass is 10.3. The fourth-order valence-electron chi connectivity index (χ4n) is 1.83. The predicted octanol–water partition coefficient (Wildman–Crippen LogP) is 3.06. The summed E-state index contributed by atoms with van der Waals surface area (Å²) in [6, 6.07) is 7.04. The second-order valence-electron chi connectivity index (χ2n) is 3.64. The Morgan fingerprint density at radius 1 is 1.39 bits per heavy atom. The van der Waals surface area contributed by atoms with E-state index in [9.17, 15) is 9.90 Å². The van der Waals surface area contributed by atoms with Gasteiger partial charge in [0.15, 0.2) is 17.3 Å². The highest BCUT2D eigenvalue weighted by Crippen LogP contribution is 2.28. The zero-order chi connectivity index (χ0) is 12.7.